The normalized spacial score (nSPS) is 11.1. The Hall–Kier alpha value is -2.87. The molecule has 2 aromatic carbocycles. The van der Waals surface area contributed by atoms with E-state index in [4.69, 9.17) is 5.73 Å². The monoisotopic (exact) mass is 379 g/mol. The Morgan fingerprint density at radius 3 is 2.48 bits per heavy atom. The molecule has 0 spiro atoms. The lowest BCUT2D eigenvalue weighted by Crippen LogP contribution is -2.16. The first-order valence-corrected chi connectivity index (χ1v) is 8.30. The van der Waals surface area contributed by atoms with Gasteiger partial charge in [-0.2, -0.15) is 13.2 Å². The highest BCUT2D eigenvalue weighted by atomic mass is 19.4. The van der Waals surface area contributed by atoms with Crippen molar-refractivity contribution in [2.45, 2.75) is 25.9 Å². The van der Waals surface area contributed by atoms with Crippen LogP contribution < -0.4 is 16.4 Å². The van der Waals surface area contributed by atoms with Crippen LogP contribution >= 0.6 is 0 Å². The zero-order valence-corrected chi connectivity index (χ0v) is 14.7. The molecule has 0 atom stereocenters. The zero-order valence-electron chi connectivity index (χ0n) is 14.7. The molecule has 8 heteroatoms. The maximum absolute atomic E-state index is 12.8. The lowest BCUT2D eigenvalue weighted by atomic mass is 10.1. The topological polar surface area (TPSA) is 84.2 Å². The van der Waals surface area contributed by atoms with Crippen LogP contribution in [0.5, 0.6) is 0 Å². The predicted octanol–water partition coefficient (Wildman–Crippen LogP) is 3.94. The highest BCUT2D eigenvalue weighted by molar-refractivity contribution is 6.05. The second-order valence-electron chi connectivity index (χ2n) is 6.00. The van der Waals surface area contributed by atoms with Crippen LogP contribution in [0.3, 0.4) is 0 Å². The quantitative estimate of drug-likeness (QED) is 0.711. The standard InChI is InChI=1S/C19H20F3N3O2/c1-12-7-8-13(10-16(12)25-17(26)6-3-9-23)18(27)24-15-5-2-4-14(11-15)19(20,21)22/h2,4-5,7-8,10-11H,3,6,9,23H2,1H3,(H,24,27)(H,25,26). The van der Waals surface area contributed by atoms with Crippen LogP contribution in [0.1, 0.15) is 34.3 Å². The van der Waals surface area contributed by atoms with E-state index in [0.717, 1.165) is 17.7 Å². The van der Waals surface area contributed by atoms with Crippen molar-refractivity contribution in [2.75, 3.05) is 17.2 Å². The zero-order chi connectivity index (χ0) is 20.0. The van der Waals surface area contributed by atoms with Crippen molar-refractivity contribution < 1.29 is 22.8 Å². The summed E-state index contributed by atoms with van der Waals surface area (Å²) in [6, 6.07) is 9.05. The molecular formula is C19H20F3N3O2. The first-order valence-electron chi connectivity index (χ1n) is 8.30. The van der Waals surface area contributed by atoms with Crippen LogP contribution in [0.2, 0.25) is 0 Å². The predicted molar refractivity (Wildman–Crippen MR) is 97.5 cm³/mol. The van der Waals surface area contributed by atoms with Crippen molar-refractivity contribution in [3.05, 3.63) is 59.2 Å². The molecule has 0 saturated heterocycles. The molecular weight excluding hydrogens is 359 g/mol. The van der Waals surface area contributed by atoms with Gasteiger partial charge in [-0.15, -0.1) is 0 Å². The summed E-state index contributed by atoms with van der Waals surface area (Å²) in [6.45, 7) is 2.17. The van der Waals surface area contributed by atoms with Crippen molar-refractivity contribution in [2.24, 2.45) is 5.73 Å². The summed E-state index contributed by atoms with van der Waals surface area (Å²) < 4.78 is 38.3. The van der Waals surface area contributed by atoms with E-state index in [2.05, 4.69) is 10.6 Å². The van der Waals surface area contributed by atoms with Crippen molar-refractivity contribution >= 4 is 23.2 Å². The molecule has 0 aliphatic rings. The van der Waals surface area contributed by atoms with Gasteiger partial charge in [-0.25, -0.2) is 0 Å². The van der Waals surface area contributed by atoms with Crippen molar-refractivity contribution in [3.63, 3.8) is 0 Å². The van der Waals surface area contributed by atoms with E-state index in [0.29, 0.717) is 18.7 Å². The third-order valence-corrected chi connectivity index (χ3v) is 3.83. The Labute approximate surface area is 154 Å². The van der Waals surface area contributed by atoms with Crippen LogP contribution in [0.25, 0.3) is 0 Å². The van der Waals surface area contributed by atoms with Crippen LogP contribution in [0.4, 0.5) is 24.5 Å². The minimum atomic E-state index is -4.49. The number of alkyl halides is 3. The van der Waals surface area contributed by atoms with E-state index in [-0.39, 0.29) is 23.6 Å². The lowest BCUT2D eigenvalue weighted by molar-refractivity contribution is -0.137. The summed E-state index contributed by atoms with van der Waals surface area (Å²) in [5.41, 5.74) is 5.99. The minimum absolute atomic E-state index is 0.0314. The van der Waals surface area contributed by atoms with E-state index in [1.807, 2.05) is 0 Å². The van der Waals surface area contributed by atoms with Gasteiger partial charge in [0, 0.05) is 23.4 Å². The maximum Gasteiger partial charge on any atom is 0.416 e. The molecule has 0 radical (unpaired) electrons. The van der Waals surface area contributed by atoms with E-state index in [1.54, 1.807) is 13.0 Å². The molecule has 0 bridgehead atoms. The van der Waals surface area contributed by atoms with Gasteiger partial charge in [-0.1, -0.05) is 12.1 Å². The molecule has 5 nitrogen and oxygen atoms in total. The third-order valence-electron chi connectivity index (χ3n) is 3.83. The molecule has 0 saturated carbocycles. The number of nitrogens with one attached hydrogen (secondary N) is 2. The van der Waals surface area contributed by atoms with Crippen LogP contribution in [-0.4, -0.2) is 18.4 Å². The summed E-state index contributed by atoms with van der Waals surface area (Å²) in [7, 11) is 0. The van der Waals surface area contributed by atoms with Crippen LogP contribution in [0.15, 0.2) is 42.5 Å². The van der Waals surface area contributed by atoms with Gasteiger partial charge in [0.25, 0.3) is 5.91 Å². The Balaban J connectivity index is 2.15. The largest absolute Gasteiger partial charge is 0.416 e. The molecule has 4 N–H and O–H groups in total. The van der Waals surface area contributed by atoms with E-state index in [9.17, 15) is 22.8 Å². The smallest absolute Gasteiger partial charge is 0.330 e. The Morgan fingerprint density at radius 1 is 1.07 bits per heavy atom. The van der Waals surface area contributed by atoms with Crippen molar-refractivity contribution in [3.8, 4) is 0 Å². The minimum Gasteiger partial charge on any atom is -0.330 e. The first-order chi connectivity index (χ1) is 12.7. The number of hydrogen-bond acceptors (Lipinski definition) is 3. The SMILES string of the molecule is Cc1ccc(C(=O)Nc2cccc(C(F)(F)F)c2)cc1NC(=O)CCCN. The number of carbonyl (C=O) groups is 2. The van der Waals surface area contributed by atoms with Gasteiger partial charge in [0.15, 0.2) is 0 Å². The third kappa shape index (κ3) is 5.82. The average Bonchev–Trinajstić information content (AvgIpc) is 2.61. The van der Waals surface area contributed by atoms with E-state index in [1.165, 1.54) is 24.3 Å². The van der Waals surface area contributed by atoms with E-state index >= 15 is 0 Å². The van der Waals surface area contributed by atoms with Crippen LogP contribution in [-0.2, 0) is 11.0 Å². The highest BCUT2D eigenvalue weighted by Crippen LogP contribution is 2.30. The molecule has 2 aromatic rings. The Morgan fingerprint density at radius 2 is 1.81 bits per heavy atom. The first kappa shape index (κ1) is 20.4. The molecule has 2 rings (SSSR count). The maximum atomic E-state index is 12.8. The number of nitrogens with two attached hydrogens (primary N) is 1. The number of carbonyl (C=O) groups excluding carboxylic acids is 2. The summed E-state index contributed by atoms with van der Waals surface area (Å²) >= 11 is 0. The number of benzene rings is 2. The molecule has 0 aliphatic heterocycles. The van der Waals surface area contributed by atoms with Gasteiger partial charge in [0.2, 0.25) is 5.91 Å². The van der Waals surface area contributed by atoms with Gasteiger partial charge in [-0.05, 0) is 55.8 Å². The van der Waals surface area contributed by atoms with Gasteiger partial charge >= 0.3 is 6.18 Å². The molecule has 27 heavy (non-hydrogen) atoms. The summed E-state index contributed by atoms with van der Waals surface area (Å²) in [6.07, 6.45) is -3.69. The lowest BCUT2D eigenvalue weighted by Gasteiger charge is -2.12. The van der Waals surface area contributed by atoms with Gasteiger partial charge in [-0.3, -0.25) is 9.59 Å². The number of anilines is 2. The molecule has 0 unspecified atom stereocenters. The Bertz CT molecular complexity index is 835. The molecule has 0 fully saturated rings. The van der Waals surface area contributed by atoms with Crippen molar-refractivity contribution in [1.29, 1.82) is 0 Å². The number of halogens is 3. The average molecular weight is 379 g/mol. The molecule has 0 aliphatic carbocycles. The molecule has 2 amide bonds. The molecule has 0 aromatic heterocycles. The van der Waals surface area contributed by atoms with Crippen molar-refractivity contribution in [1.82, 2.24) is 0 Å². The second-order valence-corrected chi connectivity index (χ2v) is 6.00. The number of hydrogen-bond donors (Lipinski definition) is 3. The van der Waals surface area contributed by atoms with Crippen LogP contribution in [0, 0.1) is 6.92 Å². The number of amides is 2. The summed E-state index contributed by atoms with van der Waals surface area (Å²) in [5, 5.41) is 5.15. The van der Waals surface area contributed by atoms with E-state index < -0.39 is 17.6 Å². The fourth-order valence-electron chi connectivity index (χ4n) is 2.35. The Kier molecular flexibility index (Phi) is 6.57. The fourth-order valence-corrected chi connectivity index (χ4v) is 2.35. The summed E-state index contributed by atoms with van der Waals surface area (Å²) in [5.74, 6) is -0.800. The highest BCUT2D eigenvalue weighted by Gasteiger charge is 2.30. The number of rotatable bonds is 6. The summed E-state index contributed by atoms with van der Waals surface area (Å²) in [4.78, 5) is 24.2. The van der Waals surface area contributed by atoms with Gasteiger partial charge in [0.1, 0.15) is 0 Å². The van der Waals surface area contributed by atoms with Gasteiger partial charge < -0.3 is 16.4 Å². The number of aryl methyl sites for hydroxylation is 1. The molecule has 144 valence electrons. The second kappa shape index (κ2) is 8.68. The fraction of sp³-hybridized carbons (Fsp3) is 0.263. The molecule has 0 heterocycles. The van der Waals surface area contributed by atoms with Gasteiger partial charge in [0.05, 0.1) is 5.56 Å².